The number of rotatable bonds is 3. The number of amides is 1. The Hall–Kier alpha value is -2.16. The summed E-state index contributed by atoms with van der Waals surface area (Å²) in [6.07, 6.45) is 1.63. The van der Waals surface area contributed by atoms with Gasteiger partial charge in [-0.25, -0.2) is 4.39 Å². The third-order valence-corrected chi connectivity index (χ3v) is 3.89. The monoisotopic (exact) mass is 269 g/mol. The van der Waals surface area contributed by atoms with Gasteiger partial charge in [0, 0.05) is 5.69 Å². The van der Waals surface area contributed by atoms with Crippen molar-refractivity contribution in [2.75, 3.05) is 5.32 Å². The second-order valence-corrected chi connectivity index (χ2v) is 5.41. The minimum absolute atomic E-state index is 0.00652. The first-order valence-corrected chi connectivity index (χ1v) is 6.74. The average molecular weight is 269 g/mol. The number of nitrogens with one attached hydrogen (secondary N) is 1. The van der Waals surface area contributed by atoms with Crippen molar-refractivity contribution in [2.45, 2.75) is 25.2 Å². The quantitative estimate of drug-likeness (QED) is 0.902. The van der Waals surface area contributed by atoms with E-state index in [1.165, 1.54) is 12.1 Å². The number of halogens is 1. The van der Waals surface area contributed by atoms with Crippen molar-refractivity contribution in [2.24, 2.45) is 0 Å². The Bertz CT molecular complexity index is 627. The summed E-state index contributed by atoms with van der Waals surface area (Å²) < 4.78 is 13.0. The zero-order valence-electron chi connectivity index (χ0n) is 11.3. The lowest BCUT2D eigenvalue weighted by Crippen LogP contribution is -2.27. The number of benzene rings is 2. The van der Waals surface area contributed by atoms with Gasteiger partial charge in [0.25, 0.3) is 0 Å². The summed E-state index contributed by atoms with van der Waals surface area (Å²) in [6.45, 7) is 2.01. The average Bonchev–Trinajstić information content (AvgIpc) is 3.24. The van der Waals surface area contributed by atoms with Gasteiger partial charge in [-0.1, -0.05) is 29.8 Å². The maximum atomic E-state index is 13.0. The Morgan fingerprint density at radius 1 is 1.05 bits per heavy atom. The molecule has 1 aliphatic rings. The smallest absolute Gasteiger partial charge is 0.235 e. The second-order valence-electron chi connectivity index (χ2n) is 5.41. The van der Waals surface area contributed by atoms with Gasteiger partial charge in [0.05, 0.1) is 5.41 Å². The summed E-state index contributed by atoms with van der Waals surface area (Å²) in [7, 11) is 0. The van der Waals surface area contributed by atoms with Gasteiger partial charge in [0.15, 0.2) is 0 Å². The molecule has 0 bridgehead atoms. The number of carbonyl (C=O) groups is 1. The molecule has 0 atom stereocenters. The molecule has 0 radical (unpaired) electrons. The van der Waals surface area contributed by atoms with Crippen LogP contribution in [0, 0.1) is 12.7 Å². The van der Waals surface area contributed by atoms with Crippen molar-refractivity contribution in [3.63, 3.8) is 0 Å². The lowest BCUT2D eigenvalue weighted by Gasteiger charge is -2.16. The molecule has 0 aromatic heterocycles. The first kappa shape index (κ1) is 12.9. The molecule has 3 heteroatoms. The molecule has 0 aliphatic heterocycles. The van der Waals surface area contributed by atoms with Gasteiger partial charge in [-0.05, 0) is 49.6 Å². The standard InChI is InChI=1S/C17H16FNO/c1-12-2-8-15(9-3-12)19-16(20)17(10-11-17)13-4-6-14(18)7-5-13/h2-9H,10-11H2,1H3,(H,19,20). The first-order chi connectivity index (χ1) is 9.60. The highest BCUT2D eigenvalue weighted by molar-refractivity contribution is 6.01. The minimum atomic E-state index is -0.474. The van der Waals surface area contributed by atoms with Crippen LogP contribution in [-0.2, 0) is 10.2 Å². The van der Waals surface area contributed by atoms with Crippen molar-refractivity contribution in [1.29, 1.82) is 0 Å². The molecule has 0 spiro atoms. The number of hydrogen-bond donors (Lipinski definition) is 1. The van der Waals surface area contributed by atoms with E-state index in [0.717, 1.165) is 29.7 Å². The zero-order chi connectivity index (χ0) is 14.2. The number of carbonyl (C=O) groups excluding carboxylic acids is 1. The van der Waals surface area contributed by atoms with Crippen molar-refractivity contribution in [3.05, 3.63) is 65.5 Å². The van der Waals surface area contributed by atoms with Crippen molar-refractivity contribution in [1.82, 2.24) is 0 Å². The Balaban J connectivity index is 1.79. The number of hydrogen-bond acceptors (Lipinski definition) is 1. The largest absolute Gasteiger partial charge is 0.325 e. The van der Waals surface area contributed by atoms with Gasteiger partial charge < -0.3 is 5.32 Å². The molecule has 2 aromatic carbocycles. The van der Waals surface area contributed by atoms with Gasteiger partial charge in [-0.3, -0.25) is 4.79 Å². The van der Waals surface area contributed by atoms with Crippen LogP contribution in [0.3, 0.4) is 0 Å². The summed E-state index contributed by atoms with van der Waals surface area (Å²) in [5.41, 5.74) is 2.37. The molecule has 1 fully saturated rings. The summed E-state index contributed by atoms with van der Waals surface area (Å²) in [5, 5.41) is 2.95. The molecule has 0 unspecified atom stereocenters. The van der Waals surface area contributed by atoms with Crippen LogP contribution in [0.4, 0.5) is 10.1 Å². The number of anilines is 1. The van der Waals surface area contributed by atoms with Crippen molar-refractivity contribution >= 4 is 11.6 Å². The van der Waals surface area contributed by atoms with E-state index in [0.29, 0.717) is 0 Å². The summed E-state index contributed by atoms with van der Waals surface area (Å²) in [5.74, 6) is -0.281. The molecule has 102 valence electrons. The van der Waals surface area contributed by atoms with Crippen LogP contribution in [0.1, 0.15) is 24.0 Å². The molecule has 0 heterocycles. The zero-order valence-corrected chi connectivity index (χ0v) is 11.3. The van der Waals surface area contributed by atoms with Gasteiger partial charge >= 0.3 is 0 Å². The van der Waals surface area contributed by atoms with Crippen LogP contribution in [0.5, 0.6) is 0 Å². The van der Waals surface area contributed by atoms with Crippen molar-refractivity contribution < 1.29 is 9.18 Å². The maximum Gasteiger partial charge on any atom is 0.235 e. The third kappa shape index (κ3) is 2.31. The number of aryl methyl sites for hydroxylation is 1. The highest BCUT2D eigenvalue weighted by Crippen LogP contribution is 2.49. The van der Waals surface area contributed by atoms with E-state index in [2.05, 4.69) is 5.32 Å². The van der Waals surface area contributed by atoms with Crippen LogP contribution in [0.25, 0.3) is 0 Å². The summed E-state index contributed by atoms with van der Waals surface area (Å²) in [6, 6.07) is 14.0. The second kappa shape index (κ2) is 4.75. The normalized spacial score (nSPS) is 15.7. The predicted molar refractivity (Wildman–Crippen MR) is 77.1 cm³/mol. The molecule has 2 nitrogen and oxygen atoms in total. The minimum Gasteiger partial charge on any atom is -0.325 e. The lowest BCUT2D eigenvalue weighted by atomic mass is 9.95. The van der Waals surface area contributed by atoms with E-state index in [1.807, 2.05) is 31.2 Å². The lowest BCUT2D eigenvalue weighted by molar-refractivity contribution is -0.118. The fraction of sp³-hybridized carbons (Fsp3) is 0.235. The van der Waals surface area contributed by atoms with E-state index in [9.17, 15) is 9.18 Å². The van der Waals surface area contributed by atoms with Gasteiger partial charge in [-0.2, -0.15) is 0 Å². The fourth-order valence-corrected chi connectivity index (χ4v) is 2.43. The highest BCUT2D eigenvalue weighted by Gasteiger charge is 2.51. The van der Waals surface area contributed by atoms with Crippen LogP contribution >= 0.6 is 0 Å². The maximum absolute atomic E-state index is 13.0. The molecule has 1 saturated carbocycles. The van der Waals surface area contributed by atoms with E-state index in [-0.39, 0.29) is 11.7 Å². The molecular formula is C17H16FNO. The summed E-state index contributed by atoms with van der Waals surface area (Å²) in [4.78, 5) is 12.5. The van der Waals surface area contributed by atoms with E-state index in [4.69, 9.17) is 0 Å². The molecule has 20 heavy (non-hydrogen) atoms. The van der Waals surface area contributed by atoms with Gasteiger partial charge in [0.1, 0.15) is 5.82 Å². The molecule has 0 saturated heterocycles. The SMILES string of the molecule is Cc1ccc(NC(=O)C2(c3ccc(F)cc3)CC2)cc1. The predicted octanol–water partition coefficient (Wildman–Crippen LogP) is 3.80. The Kier molecular flexibility index (Phi) is 3.05. The van der Waals surface area contributed by atoms with Crippen molar-refractivity contribution in [3.8, 4) is 0 Å². The topological polar surface area (TPSA) is 29.1 Å². The highest BCUT2D eigenvalue weighted by atomic mass is 19.1. The van der Waals surface area contributed by atoms with Gasteiger partial charge in [0.2, 0.25) is 5.91 Å². The van der Waals surface area contributed by atoms with Crippen LogP contribution in [0.15, 0.2) is 48.5 Å². The molecule has 1 aliphatic carbocycles. The first-order valence-electron chi connectivity index (χ1n) is 6.74. The molecule has 1 amide bonds. The molecule has 3 rings (SSSR count). The van der Waals surface area contributed by atoms with Crippen LogP contribution in [0.2, 0.25) is 0 Å². The Labute approximate surface area is 117 Å². The Morgan fingerprint density at radius 3 is 2.20 bits per heavy atom. The van der Waals surface area contributed by atoms with E-state index >= 15 is 0 Å². The van der Waals surface area contributed by atoms with Crippen LogP contribution in [-0.4, -0.2) is 5.91 Å². The third-order valence-electron chi connectivity index (χ3n) is 3.89. The fourth-order valence-electron chi connectivity index (χ4n) is 2.43. The summed E-state index contributed by atoms with van der Waals surface area (Å²) >= 11 is 0. The Morgan fingerprint density at radius 2 is 1.65 bits per heavy atom. The van der Waals surface area contributed by atoms with Crippen LogP contribution < -0.4 is 5.32 Å². The van der Waals surface area contributed by atoms with E-state index in [1.54, 1.807) is 12.1 Å². The molecule has 2 aromatic rings. The van der Waals surface area contributed by atoms with Gasteiger partial charge in [-0.15, -0.1) is 0 Å². The molecule has 1 N–H and O–H groups in total. The molecular weight excluding hydrogens is 253 g/mol. The van der Waals surface area contributed by atoms with E-state index < -0.39 is 5.41 Å².